The van der Waals surface area contributed by atoms with Crippen molar-refractivity contribution in [2.45, 2.75) is 32.0 Å². The molecule has 4 aromatic rings. The van der Waals surface area contributed by atoms with Crippen LogP contribution in [0.4, 0.5) is 18.9 Å². The fourth-order valence-corrected chi connectivity index (χ4v) is 4.88. The van der Waals surface area contributed by atoms with Gasteiger partial charge in [0.1, 0.15) is 5.65 Å². The molecule has 0 bridgehead atoms. The number of amides is 1. The predicted molar refractivity (Wildman–Crippen MR) is 143 cm³/mol. The molecule has 198 valence electrons. The molecule has 1 saturated heterocycles. The highest BCUT2D eigenvalue weighted by molar-refractivity contribution is 5.91. The van der Waals surface area contributed by atoms with Crippen LogP contribution in [-0.4, -0.2) is 47.0 Å². The Hall–Kier alpha value is -3.69. The number of alkyl halides is 3. The van der Waals surface area contributed by atoms with Crippen LogP contribution in [0.1, 0.15) is 36.0 Å². The highest BCUT2D eigenvalue weighted by atomic mass is 19.4. The van der Waals surface area contributed by atoms with E-state index in [9.17, 15) is 18.0 Å². The number of benzene rings is 2. The number of nitrogens with one attached hydrogen (secondary N) is 3. The van der Waals surface area contributed by atoms with Gasteiger partial charge in [0.05, 0.1) is 5.56 Å². The lowest BCUT2D eigenvalue weighted by Crippen LogP contribution is -2.43. The van der Waals surface area contributed by atoms with Gasteiger partial charge in [-0.1, -0.05) is 37.3 Å². The maximum absolute atomic E-state index is 13.8. The summed E-state index contributed by atoms with van der Waals surface area (Å²) in [6.07, 6.45) is -0.682. The van der Waals surface area contributed by atoms with Crippen molar-refractivity contribution in [2.24, 2.45) is 0 Å². The minimum atomic E-state index is -4.50. The van der Waals surface area contributed by atoms with Gasteiger partial charge in [-0.05, 0) is 46.9 Å². The van der Waals surface area contributed by atoms with E-state index in [-0.39, 0.29) is 36.0 Å². The Kier molecular flexibility index (Phi) is 7.49. The van der Waals surface area contributed by atoms with Crippen LogP contribution in [0.2, 0.25) is 0 Å². The second-order valence-electron chi connectivity index (χ2n) is 9.81. The number of hydrogen-bond donors (Lipinski definition) is 3. The minimum Gasteiger partial charge on any atom is -0.346 e. The van der Waals surface area contributed by atoms with Gasteiger partial charge in [0, 0.05) is 68.2 Å². The van der Waals surface area contributed by atoms with Crippen molar-refractivity contribution in [3.8, 4) is 11.1 Å². The summed E-state index contributed by atoms with van der Waals surface area (Å²) in [5.41, 5.74) is 3.49. The maximum Gasteiger partial charge on any atom is 0.416 e. The zero-order valence-electron chi connectivity index (χ0n) is 21.1. The van der Waals surface area contributed by atoms with Crippen molar-refractivity contribution >= 4 is 22.6 Å². The Labute approximate surface area is 219 Å². The van der Waals surface area contributed by atoms with Crippen LogP contribution in [0.15, 0.2) is 67.0 Å². The van der Waals surface area contributed by atoms with Crippen molar-refractivity contribution in [1.29, 1.82) is 0 Å². The van der Waals surface area contributed by atoms with Gasteiger partial charge in [0.2, 0.25) is 5.91 Å². The Bertz CT molecular complexity index is 1410. The third-order valence-electron chi connectivity index (χ3n) is 7.01. The van der Waals surface area contributed by atoms with Gasteiger partial charge in [0.15, 0.2) is 0 Å². The van der Waals surface area contributed by atoms with E-state index in [1.165, 1.54) is 6.07 Å². The molecular weight excluding hydrogens is 491 g/mol. The molecule has 9 heteroatoms. The molecule has 1 amide bonds. The Morgan fingerprint density at radius 2 is 1.82 bits per heavy atom. The van der Waals surface area contributed by atoms with Crippen LogP contribution in [0, 0.1) is 0 Å². The second kappa shape index (κ2) is 11.0. The summed E-state index contributed by atoms with van der Waals surface area (Å²) in [4.78, 5) is 22.2. The van der Waals surface area contributed by atoms with Gasteiger partial charge in [-0.25, -0.2) is 4.98 Å². The molecule has 1 aliphatic rings. The largest absolute Gasteiger partial charge is 0.416 e. The van der Waals surface area contributed by atoms with Gasteiger partial charge in [-0.3, -0.25) is 9.69 Å². The number of H-pyrrole nitrogens is 1. The van der Waals surface area contributed by atoms with Gasteiger partial charge >= 0.3 is 6.18 Å². The lowest BCUT2D eigenvalue weighted by Gasteiger charge is -2.28. The van der Waals surface area contributed by atoms with E-state index >= 15 is 0 Å². The normalized spacial score (nSPS) is 15.5. The third kappa shape index (κ3) is 6.06. The van der Waals surface area contributed by atoms with E-state index in [1.807, 2.05) is 54.5 Å². The van der Waals surface area contributed by atoms with Crippen LogP contribution < -0.4 is 10.6 Å². The molecule has 1 aliphatic heterocycles. The summed E-state index contributed by atoms with van der Waals surface area (Å²) in [6, 6.07) is 16.0. The summed E-state index contributed by atoms with van der Waals surface area (Å²) >= 11 is 0. The number of halogens is 3. The van der Waals surface area contributed by atoms with Crippen molar-refractivity contribution in [2.75, 3.05) is 31.5 Å². The number of anilines is 1. The van der Waals surface area contributed by atoms with Gasteiger partial charge in [-0.2, -0.15) is 13.2 Å². The lowest BCUT2D eigenvalue weighted by molar-refractivity contribution is -0.138. The van der Waals surface area contributed by atoms with Crippen LogP contribution in [-0.2, 0) is 17.5 Å². The molecule has 3 heterocycles. The summed E-state index contributed by atoms with van der Waals surface area (Å²) < 4.78 is 41.5. The number of fused-ring (bicyclic) bond motifs is 1. The second-order valence-corrected chi connectivity index (χ2v) is 9.81. The summed E-state index contributed by atoms with van der Waals surface area (Å²) in [5.74, 6) is -0.435. The number of hydrogen-bond acceptors (Lipinski definition) is 4. The molecule has 6 nitrogen and oxygen atoms in total. The first-order valence-corrected chi connectivity index (χ1v) is 12.7. The molecule has 2 aromatic carbocycles. The number of piperazine rings is 1. The number of carbonyl (C=O) groups is 1. The van der Waals surface area contributed by atoms with E-state index in [4.69, 9.17) is 0 Å². The van der Waals surface area contributed by atoms with Crippen molar-refractivity contribution < 1.29 is 18.0 Å². The fourth-order valence-electron chi connectivity index (χ4n) is 4.88. The fraction of sp³-hybridized carbons (Fsp3) is 0.310. The molecule has 0 aliphatic carbocycles. The van der Waals surface area contributed by atoms with Crippen molar-refractivity contribution in [3.63, 3.8) is 0 Å². The molecule has 1 atom stereocenters. The maximum atomic E-state index is 13.8. The zero-order chi connectivity index (χ0) is 26.7. The van der Waals surface area contributed by atoms with Gasteiger partial charge < -0.3 is 15.6 Å². The number of rotatable bonds is 7. The Balaban J connectivity index is 1.23. The average Bonchev–Trinajstić information content (AvgIpc) is 3.38. The molecule has 1 fully saturated rings. The molecule has 0 radical (unpaired) electrons. The first-order valence-electron chi connectivity index (χ1n) is 12.7. The summed E-state index contributed by atoms with van der Waals surface area (Å²) in [5, 5.41) is 6.90. The number of carbonyl (C=O) groups excluding carboxylic acids is 1. The SMILES string of the molecule is C[C@@H](CC(=O)Nc1ccc(CN2CCNCC2)c(C(F)(F)F)c1)c1ccc(-c2cnc3[nH]ccc3c2)cc1. The number of aromatic amines is 1. The van der Waals surface area contributed by atoms with E-state index in [1.54, 1.807) is 6.07 Å². The molecule has 38 heavy (non-hydrogen) atoms. The van der Waals surface area contributed by atoms with Crippen LogP contribution in [0.5, 0.6) is 0 Å². The third-order valence-corrected chi connectivity index (χ3v) is 7.01. The zero-order valence-corrected chi connectivity index (χ0v) is 21.1. The predicted octanol–water partition coefficient (Wildman–Crippen LogP) is 5.79. The smallest absolute Gasteiger partial charge is 0.346 e. The Morgan fingerprint density at radius 1 is 1.05 bits per heavy atom. The van der Waals surface area contributed by atoms with E-state index in [2.05, 4.69) is 26.7 Å². The average molecular weight is 522 g/mol. The molecule has 2 aromatic heterocycles. The van der Waals surface area contributed by atoms with Gasteiger partial charge in [0.25, 0.3) is 0 Å². The van der Waals surface area contributed by atoms with Gasteiger partial charge in [-0.15, -0.1) is 0 Å². The molecule has 0 spiro atoms. The first kappa shape index (κ1) is 25.9. The van der Waals surface area contributed by atoms with Crippen molar-refractivity contribution in [1.82, 2.24) is 20.2 Å². The summed E-state index contributed by atoms with van der Waals surface area (Å²) in [7, 11) is 0. The van der Waals surface area contributed by atoms with Crippen molar-refractivity contribution in [3.05, 3.63) is 83.7 Å². The highest BCUT2D eigenvalue weighted by Crippen LogP contribution is 2.35. The number of pyridine rings is 1. The molecule has 5 rings (SSSR count). The quantitative estimate of drug-likeness (QED) is 0.288. The minimum absolute atomic E-state index is 0.108. The topological polar surface area (TPSA) is 73.1 Å². The van der Waals surface area contributed by atoms with E-state index in [0.717, 1.165) is 46.9 Å². The highest BCUT2D eigenvalue weighted by Gasteiger charge is 2.34. The van der Waals surface area contributed by atoms with Crippen LogP contribution in [0.25, 0.3) is 22.2 Å². The first-order chi connectivity index (χ1) is 18.3. The molecule has 3 N–H and O–H groups in total. The molecule has 0 unspecified atom stereocenters. The number of aromatic nitrogens is 2. The van der Waals surface area contributed by atoms with E-state index in [0.29, 0.717) is 13.1 Å². The Morgan fingerprint density at radius 3 is 2.55 bits per heavy atom. The number of nitrogens with zero attached hydrogens (tertiary/aromatic N) is 2. The standard InChI is InChI=1S/C29H30F3N5O/c1-19(20-2-4-21(5-3-20)24-15-22-8-9-34-28(22)35-17-24)14-27(38)36-25-7-6-23(26(16-25)29(30,31)32)18-37-12-10-33-11-13-37/h2-9,15-17,19,33H,10-14,18H2,1H3,(H,34,35)(H,36,38)/t19-/m0/s1. The van der Waals surface area contributed by atoms with E-state index < -0.39 is 11.7 Å². The molecular formula is C29H30F3N5O. The monoisotopic (exact) mass is 521 g/mol. The lowest BCUT2D eigenvalue weighted by atomic mass is 9.95. The summed E-state index contributed by atoms with van der Waals surface area (Å²) in [6.45, 7) is 5.09. The van der Waals surface area contributed by atoms with Crippen LogP contribution >= 0.6 is 0 Å². The van der Waals surface area contributed by atoms with Crippen LogP contribution in [0.3, 0.4) is 0 Å². The molecule has 0 saturated carbocycles.